The summed E-state index contributed by atoms with van der Waals surface area (Å²) in [7, 11) is 0. The number of aryl methyl sites for hydroxylation is 1. The van der Waals surface area contributed by atoms with Crippen LogP contribution in [-0.2, 0) is 4.79 Å². The summed E-state index contributed by atoms with van der Waals surface area (Å²) >= 11 is 0. The minimum atomic E-state index is -0.803. The molecule has 0 aliphatic rings. The molecule has 20 heavy (non-hydrogen) atoms. The first-order valence-electron chi connectivity index (χ1n) is 6.79. The highest BCUT2D eigenvalue weighted by Gasteiger charge is 2.19. The van der Waals surface area contributed by atoms with Crippen molar-refractivity contribution in [2.75, 3.05) is 18.0 Å². The summed E-state index contributed by atoms with van der Waals surface area (Å²) in [5.41, 5.74) is 1.76. The Hall–Kier alpha value is -2.02. The van der Waals surface area contributed by atoms with Gasteiger partial charge in [0.25, 0.3) is 0 Å². The van der Waals surface area contributed by atoms with Crippen molar-refractivity contribution in [2.24, 2.45) is 5.41 Å². The lowest BCUT2D eigenvalue weighted by molar-refractivity contribution is -0.136. The van der Waals surface area contributed by atoms with E-state index in [9.17, 15) is 4.79 Å². The molecular formula is C16H22N2O2. The molecule has 1 aromatic rings. The largest absolute Gasteiger partial charge is 0.481 e. The van der Waals surface area contributed by atoms with Crippen LogP contribution in [0.25, 0.3) is 0 Å². The fourth-order valence-corrected chi connectivity index (χ4v) is 1.97. The number of hydrogen-bond acceptors (Lipinski definition) is 3. The second-order valence-electron chi connectivity index (χ2n) is 5.66. The molecule has 0 bridgehead atoms. The maximum absolute atomic E-state index is 10.8. The standard InChI is InChI=1S/C16H22N2O2/c1-13-6-4-5-7-14(13)18(10-8-15(19)20)11-9-16(2,3)12-17/h4-7H,8-11H2,1-3H3,(H,19,20). The molecule has 0 aliphatic heterocycles. The van der Waals surface area contributed by atoms with Crippen molar-refractivity contribution in [1.29, 1.82) is 5.26 Å². The Balaban J connectivity index is 2.84. The predicted octanol–water partition coefficient (Wildman–Crippen LogP) is 3.22. The van der Waals surface area contributed by atoms with Gasteiger partial charge >= 0.3 is 5.97 Å². The van der Waals surface area contributed by atoms with Crippen LogP contribution in [0.5, 0.6) is 0 Å². The number of carbonyl (C=O) groups is 1. The summed E-state index contributed by atoms with van der Waals surface area (Å²) in [4.78, 5) is 12.9. The van der Waals surface area contributed by atoms with Crippen LogP contribution in [0, 0.1) is 23.7 Å². The molecule has 0 radical (unpaired) electrons. The molecule has 1 N–H and O–H groups in total. The Bertz CT molecular complexity index is 503. The summed E-state index contributed by atoms with van der Waals surface area (Å²) in [6, 6.07) is 10.2. The molecule has 0 atom stereocenters. The second kappa shape index (κ2) is 6.95. The molecule has 0 unspecified atom stereocenters. The van der Waals surface area contributed by atoms with Crippen LogP contribution in [0.4, 0.5) is 5.69 Å². The number of carboxylic acid groups (broad SMARTS) is 1. The molecule has 4 heteroatoms. The third-order valence-electron chi connectivity index (χ3n) is 3.36. The fourth-order valence-electron chi connectivity index (χ4n) is 1.97. The molecule has 0 amide bonds. The minimum Gasteiger partial charge on any atom is -0.481 e. The lowest BCUT2D eigenvalue weighted by Gasteiger charge is -2.28. The lowest BCUT2D eigenvalue weighted by atomic mass is 9.91. The summed E-state index contributed by atoms with van der Waals surface area (Å²) in [5, 5.41) is 18.0. The summed E-state index contributed by atoms with van der Waals surface area (Å²) in [6.07, 6.45) is 0.804. The molecular weight excluding hydrogens is 252 g/mol. The Morgan fingerprint density at radius 2 is 2.00 bits per heavy atom. The van der Waals surface area contributed by atoms with E-state index in [1.165, 1.54) is 0 Å². The molecule has 0 aromatic heterocycles. The van der Waals surface area contributed by atoms with E-state index in [0.29, 0.717) is 19.5 Å². The molecule has 1 aromatic carbocycles. The van der Waals surface area contributed by atoms with Crippen molar-refractivity contribution < 1.29 is 9.90 Å². The van der Waals surface area contributed by atoms with E-state index in [4.69, 9.17) is 10.4 Å². The Morgan fingerprint density at radius 3 is 2.55 bits per heavy atom. The van der Waals surface area contributed by atoms with E-state index < -0.39 is 11.4 Å². The Kier molecular flexibility index (Phi) is 5.57. The highest BCUT2D eigenvalue weighted by Crippen LogP contribution is 2.24. The normalized spacial score (nSPS) is 10.9. The molecule has 0 saturated carbocycles. The van der Waals surface area contributed by atoms with E-state index in [1.54, 1.807) is 0 Å². The van der Waals surface area contributed by atoms with Gasteiger partial charge in [0.2, 0.25) is 0 Å². The van der Waals surface area contributed by atoms with E-state index in [0.717, 1.165) is 11.3 Å². The Morgan fingerprint density at radius 1 is 1.35 bits per heavy atom. The van der Waals surface area contributed by atoms with Gasteiger partial charge in [0.05, 0.1) is 17.9 Å². The molecule has 0 saturated heterocycles. The van der Waals surface area contributed by atoms with Gasteiger partial charge in [-0.3, -0.25) is 4.79 Å². The van der Waals surface area contributed by atoms with Crippen LogP contribution in [0.2, 0.25) is 0 Å². The van der Waals surface area contributed by atoms with Crippen LogP contribution in [0.15, 0.2) is 24.3 Å². The molecule has 4 nitrogen and oxygen atoms in total. The molecule has 0 aliphatic carbocycles. The van der Waals surface area contributed by atoms with Gasteiger partial charge in [-0.05, 0) is 38.8 Å². The molecule has 1 rings (SSSR count). The fraction of sp³-hybridized carbons (Fsp3) is 0.500. The van der Waals surface area contributed by atoms with Crippen LogP contribution in [-0.4, -0.2) is 24.2 Å². The van der Waals surface area contributed by atoms with Gasteiger partial charge in [0.15, 0.2) is 0 Å². The number of hydrogen-bond donors (Lipinski definition) is 1. The van der Waals surface area contributed by atoms with Crippen molar-refractivity contribution in [3.05, 3.63) is 29.8 Å². The summed E-state index contributed by atoms with van der Waals surface area (Å²) in [6.45, 7) is 6.96. The number of aliphatic carboxylic acids is 1. The topological polar surface area (TPSA) is 64.3 Å². The van der Waals surface area contributed by atoms with Gasteiger partial charge in [-0.15, -0.1) is 0 Å². The third-order valence-corrected chi connectivity index (χ3v) is 3.36. The molecule has 0 heterocycles. The van der Waals surface area contributed by atoms with Crippen LogP contribution >= 0.6 is 0 Å². The van der Waals surface area contributed by atoms with Crippen molar-refractivity contribution >= 4 is 11.7 Å². The second-order valence-corrected chi connectivity index (χ2v) is 5.66. The van der Waals surface area contributed by atoms with Gasteiger partial charge in [-0.25, -0.2) is 0 Å². The SMILES string of the molecule is Cc1ccccc1N(CCC(=O)O)CCC(C)(C)C#N. The number of nitrogens with zero attached hydrogens (tertiary/aromatic N) is 2. The Labute approximate surface area is 120 Å². The van der Waals surface area contributed by atoms with E-state index in [2.05, 4.69) is 11.0 Å². The average molecular weight is 274 g/mol. The minimum absolute atomic E-state index is 0.0985. The van der Waals surface area contributed by atoms with Crippen LogP contribution in [0.1, 0.15) is 32.3 Å². The zero-order valence-corrected chi connectivity index (χ0v) is 12.4. The van der Waals surface area contributed by atoms with Crippen molar-refractivity contribution in [2.45, 2.75) is 33.6 Å². The van der Waals surface area contributed by atoms with Crippen molar-refractivity contribution in [3.63, 3.8) is 0 Å². The van der Waals surface area contributed by atoms with Crippen molar-refractivity contribution in [1.82, 2.24) is 0 Å². The predicted molar refractivity (Wildman–Crippen MR) is 79.7 cm³/mol. The van der Waals surface area contributed by atoms with Crippen LogP contribution < -0.4 is 4.90 Å². The molecule has 108 valence electrons. The molecule has 0 spiro atoms. The first kappa shape index (κ1) is 16.0. The van der Waals surface area contributed by atoms with Gasteiger partial charge < -0.3 is 10.0 Å². The first-order valence-corrected chi connectivity index (χ1v) is 6.79. The van der Waals surface area contributed by atoms with Crippen LogP contribution in [0.3, 0.4) is 0 Å². The smallest absolute Gasteiger partial charge is 0.305 e. The quantitative estimate of drug-likeness (QED) is 0.829. The maximum atomic E-state index is 10.8. The monoisotopic (exact) mass is 274 g/mol. The van der Waals surface area contributed by atoms with Crippen molar-refractivity contribution in [3.8, 4) is 6.07 Å². The van der Waals surface area contributed by atoms with Gasteiger partial charge in [0, 0.05) is 18.8 Å². The van der Waals surface area contributed by atoms with Gasteiger partial charge in [-0.1, -0.05) is 18.2 Å². The van der Waals surface area contributed by atoms with Gasteiger partial charge in [0.1, 0.15) is 0 Å². The first-order chi connectivity index (χ1) is 9.35. The number of anilines is 1. The lowest BCUT2D eigenvalue weighted by Crippen LogP contribution is -2.30. The highest BCUT2D eigenvalue weighted by atomic mass is 16.4. The summed E-state index contributed by atoms with van der Waals surface area (Å²) < 4.78 is 0. The summed E-state index contributed by atoms with van der Waals surface area (Å²) in [5.74, 6) is -0.803. The number of para-hydroxylation sites is 1. The number of nitriles is 1. The van der Waals surface area contributed by atoms with Gasteiger partial charge in [-0.2, -0.15) is 5.26 Å². The van der Waals surface area contributed by atoms with E-state index in [-0.39, 0.29) is 6.42 Å². The molecule has 0 fully saturated rings. The zero-order chi connectivity index (χ0) is 15.2. The van der Waals surface area contributed by atoms with E-state index >= 15 is 0 Å². The van der Waals surface area contributed by atoms with E-state index in [1.807, 2.05) is 45.0 Å². The number of rotatable bonds is 7. The average Bonchev–Trinajstić information content (AvgIpc) is 2.40. The number of carboxylic acids is 1. The maximum Gasteiger partial charge on any atom is 0.305 e. The highest BCUT2D eigenvalue weighted by molar-refractivity contribution is 5.68. The third kappa shape index (κ3) is 4.93. The zero-order valence-electron chi connectivity index (χ0n) is 12.4. The number of benzene rings is 1.